The summed E-state index contributed by atoms with van der Waals surface area (Å²) < 4.78 is 0. The molecular weight excluding hydrogens is 348 g/mol. The van der Waals surface area contributed by atoms with Crippen molar-refractivity contribution in [2.24, 2.45) is 0 Å². The predicted octanol–water partition coefficient (Wildman–Crippen LogP) is 4.45. The molecule has 0 aromatic heterocycles. The highest BCUT2D eigenvalue weighted by Crippen LogP contribution is 2.22. The third-order valence-corrected chi connectivity index (χ3v) is 5.52. The van der Waals surface area contributed by atoms with E-state index in [2.05, 4.69) is 24.4 Å². The van der Waals surface area contributed by atoms with Crippen LogP contribution in [0.5, 0.6) is 0 Å². The van der Waals surface area contributed by atoms with Gasteiger partial charge in [0.15, 0.2) is 0 Å². The molecule has 0 bridgehead atoms. The van der Waals surface area contributed by atoms with E-state index in [1.807, 2.05) is 23.1 Å². The second-order valence-electron chi connectivity index (χ2n) is 7.48. The molecule has 1 aliphatic heterocycles. The number of hydrogen-bond acceptors (Lipinski definition) is 2. The van der Waals surface area contributed by atoms with E-state index in [4.69, 9.17) is 0 Å². The maximum Gasteiger partial charge on any atom is 0.254 e. The van der Waals surface area contributed by atoms with Gasteiger partial charge in [0.1, 0.15) is 0 Å². The molecule has 1 heterocycles. The van der Waals surface area contributed by atoms with Crippen LogP contribution in [0, 0.1) is 0 Å². The minimum atomic E-state index is -0.0866. The van der Waals surface area contributed by atoms with Crippen LogP contribution in [0.15, 0.2) is 54.6 Å². The first kappa shape index (κ1) is 20.1. The standard InChI is InChI=1S/C24H30N2O2/c1-2-22-12-6-7-18-26(22)24(28)21-15-13-20(14-16-21)23(27)25-17-8-11-19-9-4-3-5-10-19/h3-5,9-10,13-16,22H,2,6-8,11-12,17-18H2,1H3,(H,25,27). The molecule has 1 N–H and O–H groups in total. The van der Waals surface area contributed by atoms with Gasteiger partial charge in [-0.2, -0.15) is 0 Å². The highest BCUT2D eigenvalue weighted by molar-refractivity contribution is 5.98. The van der Waals surface area contributed by atoms with E-state index in [1.54, 1.807) is 24.3 Å². The normalized spacial score (nSPS) is 16.6. The second-order valence-corrected chi connectivity index (χ2v) is 7.48. The number of carbonyl (C=O) groups is 2. The zero-order valence-electron chi connectivity index (χ0n) is 16.7. The average Bonchev–Trinajstić information content (AvgIpc) is 2.77. The summed E-state index contributed by atoms with van der Waals surface area (Å²) in [6.07, 6.45) is 6.21. The van der Waals surface area contributed by atoms with E-state index < -0.39 is 0 Å². The van der Waals surface area contributed by atoms with Gasteiger partial charge < -0.3 is 10.2 Å². The van der Waals surface area contributed by atoms with E-state index >= 15 is 0 Å². The Morgan fingerprint density at radius 3 is 2.43 bits per heavy atom. The number of piperidine rings is 1. The Labute approximate surface area is 167 Å². The van der Waals surface area contributed by atoms with Crippen molar-refractivity contribution in [3.8, 4) is 0 Å². The van der Waals surface area contributed by atoms with E-state index in [0.29, 0.717) is 23.7 Å². The van der Waals surface area contributed by atoms with Gasteiger partial charge in [0.05, 0.1) is 0 Å². The molecule has 1 aliphatic rings. The molecule has 0 saturated carbocycles. The number of benzene rings is 2. The highest BCUT2D eigenvalue weighted by Gasteiger charge is 2.26. The monoisotopic (exact) mass is 378 g/mol. The predicted molar refractivity (Wildman–Crippen MR) is 113 cm³/mol. The fraction of sp³-hybridized carbons (Fsp3) is 0.417. The molecule has 4 nitrogen and oxygen atoms in total. The van der Waals surface area contributed by atoms with Gasteiger partial charge in [0, 0.05) is 30.3 Å². The SMILES string of the molecule is CCC1CCCCN1C(=O)c1ccc(C(=O)NCCCc2ccccc2)cc1. The maximum atomic E-state index is 12.8. The summed E-state index contributed by atoms with van der Waals surface area (Å²) in [7, 11) is 0. The van der Waals surface area contributed by atoms with Crippen molar-refractivity contribution in [2.75, 3.05) is 13.1 Å². The molecule has 1 saturated heterocycles. The zero-order valence-corrected chi connectivity index (χ0v) is 16.7. The number of aryl methyl sites for hydroxylation is 1. The van der Waals surface area contributed by atoms with Crippen molar-refractivity contribution in [3.05, 3.63) is 71.3 Å². The minimum absolute atomic E-state index is 0.0846. The smallest absolute Gasteiger partial charge is 0.254 e. The summed E-state index contributed by atoms with van der Waals surface area (Å²) >= 11 is 0. The molecule has 0 spiro atoms. The lowest BCUT2D eigenvalue weighted by molar-refractivity contribution is 0.0607. The lowest BCUT2D eigenvalue weighted by Crippen LogP contribution is -2.43. The van der Waals surface area contributed by atoms with Crippen LogP contribution in [0.25, 0.3) is 0 Å². The fourth-order valence-electron chi connectivity index (χ4n) is 3.86. The van der Waals surface area contributed by atoms with Crippen LogP contribution in [0.1, 0.15) is 65.3 Å². The Balaban J connectivity index is 1.50. The van der Waals surface area contributed by atoms with Crippen LogP contribution >= 0.6 is 0 Å². The van der Waals surface area contributed by atoms with Crippen LogP contribution in [-0.2, 0) is 6.42 Å². The number of nitrogens with zero attached hydrogens (tertiary/aromatic N) is 1. The quantitative estimate of drug-likeness (QED) is 0.724. The molecule has 4 heteroatoms. The van der Waals surface area contributed by atoms with Gasteiger partial charge in [-0.15, -0.1) is 0 Å². The summed E-state index contributed by atoms with van der Waals surface area (Å²) in [5, 5.41) is 2.96. The number of amides is 2. The summed E-state index contributed by atoms with van der Waals surface area (Å²) in [4.78, 5) is 27.2. The van der Waals surface area contributed by atoms with E-state index in [1.165, 1.54) is 12.0 Å². The highest BCUT2D eigenvalue weighted by atomic mass is 16.2. The van der Waals surface area contributed by atoms with E-state index in [0.717, 1.165) is 38.6 Å². The largest absolute Gasteiger partial charge is 0.352 e. The number of hydrogen-bond donors (Lipinski definition) is 1. The van der Waals surface area contributed by atoms with Crippen molar-refractivity contribution in [1.82, 2.24) is 10.2 Å². The van der Waals surface area contributed by atoms with Crippen LogP contribution < -0.4 is 5.32 Å². The van der Waals surface area contributed by atoms with Gasteiger partial charge in [-0.3, -0.25) is 9.59 Å². The van der Waals surface area contributed by atoms with Crippen molar-refractivity contribution in [2.45, 2.75) is 51.5 Å². The van der Waals surface area contributed by atoms with E-state index in [9.17, 15) is 9.59 Å². The van der Waals surface area contributed by atoms with Crippen molar-refractivity contribution in [3.63, 3.8) is 0 Å². The number of nitrogens with one attached hydrogen (secondary N) is 1. The third-order valence-electron chi connectivity index (χ3n) is 5.52. The first-order valence-electron chi connectivity index (χ1n) is 10.4. The minimum Gasteiger partial charge on any atom is -0.352 e. The lowest BCUT2D eigenvalue weighted by atomic mass is 9.98. The Hall–Kier alpha value is -2.62. The van der Waals surface area contributed by atoms with E-state index in [-0.39, 0.29) is 11.8 Å². The molecule has 2 aromatic carbocycles. The fourth-order valence-corrected chi connectivity index (χ4v) is 3.86. The lowest BCUT2D eigenvalue weighted by Gasteiger charge is -2.35. The molecule has 148 valence electrons. The first-order chi connectivity index (χ1) is 13.7. The molecule has 0 radical (unpaired) electrons. The summed E-state index contributed by atoms with van der Waals surface area (Å²) in [5.74, 6) is -0.00200. The topological polar surface area (TPSA) is 49.4 Å². The van der Waals surface area contributed by atoms with Gasteiger partial charge in [0.25, 0.3) is 11.8 Å². The van der Waals surface area contributed by atoms with Crippen LogP contribution in [0.3, 0.4) is 0 Å². The molecular formula is C24H30N2O2. The summed E-state index contributed by atoms with van der Waals surface area (Å²) in [6, 6.07) is 17.7. The van der Waals surface area contributed by atoms with Gasteiger partial charge in [0.2, 0.25) is 0 Å². The number of likely N-dealkylation sites (tertiary alicyclic amines) is 1. The van der Waals surface area contributed by atoms with Crippen molar-refractivity contribution < 1.29 is 9.59 Å². The molecule has 3 rings (SSSR count). The molecule has 28 heavy (non-hydrogen) atoms. The maximum absolute atomic E-state index is 12.8. The van der Waals surface area contributed by atoms with Gasteiger partial charge in [-0.25, -0.2) is 0 Å². The zero-order chi connectivity index (χ0) is 19.8. The van der Waals surface area contributed by atoms with Crippen molar-refractivity contribution >= 4 is 11.8 Å². The van der Waals surface area contributed by atoms with Crippen molar-refractivity contribution in [1.29, 1.82) is 0 Å². The average molecular weight is 379 g/mol. The molecule has 0 aliphatic carbocycles. The number of rotatable bonds is 7. The Kier molecular flexibility index (Phi) is 7.24. The molecule has 2 amide bonds. The molecule has 2 aromatic rings. The van der Waals surface area contributed by atoms with Crippen LogP contribution in [0.4, 0.5) is 0 Å². The Morgan fingerprint density at radius 1 is 1.00 bits per heavy atom. The summed E-state index contributed by atoms with van der Waals surface area (Å²) in [5.41, 5.74) is 2.55. The summed E-state index contributed by atoms with van der Waals surface area (Å²) in [6.45, 7) is 3.61. The Morgan fingerprint density at radius 2 is 1.71 bits per heavy atom. The second kappa shape index (κ2) is 10.1. The first-order valence-corrected chi connectivity index (χ1v) is 10.4. The van der Waals surface area contributed by atoms with Crippen LogP contribution in [0.2, 0.25) is 0 Å². The molecule has 1 atom stereocenters. The molecule has 1 fully saturated rings. The van der Waals surface area contributed by atoms with Gasteiger partial charge in [-0.05, 0) is 68.4 Å². The molecule has 1 unspecified atom stereocenters. The van der Waals surface area contributed by atoms with Gasteiger partial charge >= 0.3 is 0 Å². The Bertz CT molecular complexity index is 771. The number of carbonyl (C=O) groups excluding carboxylic acids is 2. The third kappa shape index (κ3) is 5.22. The van der Waals surface area contributed by atoms with Gasteiger partial charge in [-0.1, -0.05) is 37.3 Å². The van der Waals surface area contributed by atoms with Crippen LogP contribution in [-0.4, -0.2) is 35.8 Å².